The zero-order valence-electron chi connectivity index (χ0n) is 12.6. The van der Waals surface area contributed by atoms with Gasteiger partial charge in [0.25, 0.3) is 0 Å². The van der Waals surface area contributed by atoms with Gasteiger partial charge in [0.1, 0.15) is 15.8 Å². The van der Waals surface area contributed by atoms with Crippen molar-refractivity contribution in [2.75, 3.05) is 19.0 Å². The van der Waals surface area contributed by atoms with Crippen LogP contribution in [0.2, 0.25) is 0 Å². The molecule has 8 heteroatoms. The molecule has 0 unspecified atom stereocenters. The van der Waals surface area contributed by atoms with Crippen molar-refractivity contribution in [2.24, 2.45) is 10.2 Å². The first-order chi connectivity index (χ1) is 9.88. The molecule has 2 aromatic carbocycles. The Morgan fingerprint density at radius 2 is 1.55 bits per heavy atom. The second kappa shape index (κ2) is 7.85. The second-order valence-electron chi connectivity index (χ2n) is 4.53. The molecule has 22 heavy (non-hydrogen) atoms. The van der Waals surface area contributed by atoms with Crippen LogP contribution in [0.5, 0.6) is 0 Å². The molecule has 0 saturated carbocycles. The summed E-state index contributed by atoms with van der Waals surface area (Å²) >= 11 is 0. The van der Waals surface area contributed by atoms with Gasteiger partial charge in [0, 0.05) is 14.1 Å². The minimum atomic E-state index is -4.43. The third kappa shape index (κ3) is 4.89. The summed E-state index contributed by atoms with van der Waals surface area (Å²) in [5.41, 5.74) is 2.08. The van der Waals surface area contributed by atoms with Crippen molar-refractivity contribution in [2.45, 2.75) is 4.90 Å². The van der Waals surface area contributed by atoms with Crippen LogP contribution in [0.1, 0.15) is 0 Å². The fourth-order valence-corrected chi connectivity index (χ4v) is 2.19. The zero-order chi connectivity index (χ0) is 15.5. The molecule has 0 atom stereocenters. The topological polar surface area (TPSA) is 85.2 Å². The maximum absolute atomic E-state index is 10.8. The Labute approximate surface area is 151 Å². The number of rotatable bonds is 4. The van der Waals surface area contributed by atoms with E-state index in [0.29, 0.717) is 11.4 Å². The summed E-state index contributed by atoms with van der Waals surface area (Å²) in [6.07, 6.45) is 0. The van der Waals surface area contributed by atoms with Gasteiger partial charge in [0.05, 0.1) is 16.3 Å². The molecule has 2 rings (SSSR count). The van der Waals surface area contributed by atoms with Crippen LogP contribution in [-0.4, -0.2) is 27.1 Å². The standard InChI is InChI=1S/C14H15N3O3S.Na/c1-17(2)14-6-4-3-5-13(14)16-15-11-7-9-12(10-8-11)21(18,19)20;/h3-10H,1-2H3,(H,18,19,20);/q;+1/p-1. The first kappa shape index (κ1) is 18.8. The van der Waals surface area contributed by atoms with Crippen LogP contribution in [0.4, 0.5) is 17.1 Å². The first-order valence-corrected chi connectivity index (χ1v) is 7.53. The van der Waals surface area contributed by atoms with Crippen LogP contribution < -0.4 is 34.5 Å². The molecular weight excluding hydrogens is 313 g/mol. The van der Waals surface area contributed by atoms with E-state index in [2.05, 4.69) is 10.2 Å². The number of para-hydroxylation sites is 1. The van der Waals surface area contributed by atoms with E-state index in [-0.39, 0.29) is 34.5 Å². The van der Waals surface area contributed by atoms with E-state index in [1.54, 1.807) is 0 Å². The third-order valence-electron chi connectivity index (χ3n) is 2.76. The number of anilines is 1. The van der Waals surface area contributed by atoms with E-state index in [4.69, 9.17) is 0 Å². The second-order valence-corrected chi connectivity index (χ2v) is 5.91. The van der Waals surface area contributed by atoms with Crippen molar-refractivity contribution in [3.63, 3.8) is 0 Å². The Morgan fingerprint density at radius 3 is 2.09 bits per heavy atom. The van der Waals surface area contributed by atoms with Crippen molar-refractivity contribution in [3.8, 4) is 0 Å². The predicted molar refractivity (Wildman–Crippen MR) is 79.4 cm³/mol. The molecule has 0 aromatic heterocycles. The van der Waals surface area contributed by atoms with E-state index >= 15 is 0 Å². The molecule has 6 nitrogen and oxygen atoms in total. The molecule has 2 aromatic rings. The van der Waals surface area contributed by atoms with Gasteiger partial charge in [-0.1, -0.05) is 12.1 Å². The maximum Gasteiger partial charge on any atom is 1.00 e. The van der Waals surface area contributed by atoms with Gasteiger partial charge in [0.15, 0.2) is 0 Å². The van der Waals surface area contributed by atoms with Crippen LogP contribution in [0.3, 0.4) is 0 Å². The van der Waals surface area contributed by atoms with Gasteiger partial charge < -0.3 is 9.45 Å². The summed E-state index contributed by atoms with van der Waals surface area (Å²) in [7, 11) is -0.624. The molecule has 0 N–H and O–H groups in total. The van der Waals surface area contributed by atoms with Gasteiger partial charge in [-0.05, 0) is 36.4 Å². The SMILES string of the molecule is CN(C)c1ccccc1N=Nc1ccc(S(=O)(=O)[O-])cc1.[Na+]. The zero-order valence-corrected chi connectivity index (χ0v) is 15.4. The summed E-state index contributed by atoms with van der Waals surface area (Å²) in [5, 5.41) is 8.19. The monoisotopic (exact) mass is 327 g/mol. The molecule has 0 spiro atoms. The van der Waals surface area contributed by atoms with Gasteiger partial charge in [-0.2, -0.15) is 5.11 Å². The Morgan fingerprint density at radius 1 is 0.955 bits per heavy atom. The van der Waals surface area contributed by atoms with E-state index in [9.17, 15) is 13.0 Å². The Hall–Kier alpha value is -1.25. The van der Waals surface area contributed by atoms with Crippen molar-refractivity contribution in [1.29, 1.82) is 0 Å². The minimum Gasteiger partial charge on any atom is -0.744 e. The summed E-state index contributed by atoms with van der Waals surface area (Å²) in [4.78, 5) is 1.64. The van der Waals surface area contributed by atoms with E-state index in [1.165, 1.54) is 24.3 Å². The third-order valence-corrected chi connectivity index (χ3v) is 3.61. The van der Waals surface area contributed by atoms with Crippen LogP contribution in [-0.2, 0) is 10.1 Å². The Bertz CT molecular complexity index is 759. The molecule has 0 aliphatic heterocycles. The normalized spacial score (nSPS) is 11.2. The number of benzene rings is 2. The van der Waals surface area contributed by atoms with Crippen molar-refractivity contribution >= 4 is 27.2 Å². The average Bonchev–Trinajstić information content (AvgIpc) is 2.45. The average molecular weight is 327 g/mol. The van der Waals surface area contributed by atoms with Gasteiger partial charge in [-0.25, -0.2) is 8.42 Å². The first-order valence-electron chi connectivity index (χ1n) is 6.12. The van der Waals surface area contributed by atoms with E-state index in [0.717, 1.165) is 5.69 Å². The molecule has 0 heterocycles. The Kier molecular flexibility index (Phi) is 6.70. The van der Waals surface area contributed by atoms with Crippen LogP contribution in [0.25, 0.3) is 0 Å². The minimum absolute atomic E-state index is 0. The van der Waals surface area contributed by atoms with Gasteiger partial charge in [-0.15, -0.1) is 5.11 Å². The van der Waals surface area contributed by atoms with Crippen LogP contribution in [0, 0.1) is 0 Å². The summed E-state index contributed by atoms with van der Waals surface area (Å²) in [5.74, 6) is 0. The predicted octanol–water partition coefficient (Wildman–Crippen LogP) is 0.0761. The molecule has 0 bridgehead atoms. The molecule has 0 radical (unpaired) electrons. The number of hydrogen-bond acceptors (Lipinski definition) is 6. The van der Waals surface area contributed by atoms with Crippen molar-refractivity contribution in [1.82, 2.24) is 0 Å². The molecule has 110 valence electrons. The fraction of sp³-hybridized carbons (Fsp3) is 0.143. The smallest absolute Gasteiger partial charge is 0.744 e. The fourth-order valence-electron chi connectivity index (χ4n) is 1.72. The number of hydrogen-bond donors (Lipinski definition) is 0. The summed E-state index contributed by atoms with van der Waals surface area (Å²) < 4.78 is 32.5. The summed E-state index contributed by atoms with van der Waals surface area (Å²) in [6, 6.07) is 12.8. The van der Waals surface area contributed by atoms with Crippen molar-refractivity contribution < 1.29 is 42.5 Å². The summed E-state index contributed by atoms with van der Waals surface area (Å²) in [6.45, 7) is 0. The van der Waals surface area contributed by atoms with E-state index < -0.39 is 10.1 Å². The Balaban J connectivity index is 0.00000242. The molecule has 0 aliphatic rings. The maximum atomic E-state index is 10.8. The molecule has 0 fully saturated rings. The molecule has 0 aliphatic carbocycles. The molecule has 0 saturated heterocycles. The van der Waals surface area contributed by atoms with Gasteiger partial charge >= 0.3 is 29.6 Å². The number of azo groups is 1. The van der Waals surface area contributed by atoms with Crippen LogP contribution >= 0.6 is 0 Å². The largest absolute Gasteiger partial charge is 1.00 e. The quantitative estimate of drug-likeness (QED) is 0.452. The molecular formula is C14H14N3NaO3S. The molecule has 0 amide bonds. The van der Waals surface area contributed by atoms with Gasteiger partial charge in [-0.3, -0.25) is 0 Å². The van der Waals surface area contributed by atoms with Crippen molar-refractivity contribution in [3.05, 3.63) is 48.5 Å². The van der Waals surface area contributed by atoms with Gasteiger partial charge in [0.2, 0.25) is 0 Å². The van der Waals surface area contributed by atoms with E-state index in [1.807, 2.05) is 43.3 Å². The number of nitrogens with zero attached hydrogens (tertiary/aromatic N) is 3. The van der Waals surface area contributed by atoms with Crippen LogP contribution in [0.15, 0.2) is 63.7 Å².